The number of aliphatic hydroxyl groups excluding tert-OH is 1. The van der Waals surface area contributed by atoms with Gasteiger partial charge in [-0.25, -0.2) is 4.98 Å². The van der Waals surface area contributed by atoms with Crippen LogP contribution in [0.3, 0.4) is 0 Å². The first-order chi connectivity index (χ1) is 15.4. The topological polar surface area (TPSA) is 105 Å². The summed E-state index contributed by atoms with van der Waals surface area (Å²) < 4.78 is 1.99. The molecule has 0 aliphatic heterocycles. The number of hydrogen-bond acceptors (Lipinski definition) is 7. The van der Waals surface area contributed by atoms with Crippen LogP contribution in [0.5, 0.6) is 0 Å². The molecule has 0 spiro atoms. The van der Waals surface area contributed by atoms with E-state index in [0.29, 0.717) is 39.6 Å². The van der Waals surface area contributed by atoms with Gasteiger partial charge in [0.1, 0.15) is 0 Å². The molecule has 170 valence electrons. The molecule has 32 heavy (non-hydrogen) atoms. The average Bonchev–Trinajstić information content (AvgIpc) is 3.22. The number of Topliss-reactive ketones (excluding diaryl/α,β-unsaturated/α-hetero) is 1. The van der Waals surface area contributed by atoms with Crippen molar-refractivity contribution in [2.75, 3.05) is 17.2 Å². The number of fused-ring (bicyclic) bond motifs is 4. The van der Waals surface area contributed by atoms with Crippen molar-refractivity contribution in [2.45, 2.75) is 64.5 Å². The Hall–Kier alpha value is -2.45. The van der Waals surface area contributed by atoms with Gasteiger partial charge in [-0.15, -0.1) is 0 Å². The average molecular weight is 457 g/mol. The molecule has 4 aliphatic rings. The fourth-order valence-corrected chi connectivity index (χ4v) is 5.50. The van der Waals surface area contributed by atoms with Crippen LogP contribution in [0.1, 0.15) is 58.4 Å². The minimum absolute atomic E-state index is 0.0530. The van der Waals surface area contributed by atoms with Crippen LogP contribution >= 0.6 is 11.6 Å². The second kappa shape index (κ2) is 8.15. The van der Waals surface area contributed by atoms with Crippen LogP contribution in [0.4, 0.5) is 11.8 Å². The highest BCUT2D eigenvalue weighted by Gasteiger charge is 2.47. The molecule has 3 fully saturated rings. The lowest BCUT2D eigenvalue weighted by Gasteiger charge is -2.51. The highest BCUT2D eigenvalue weighted by molar-refractivity contribution is 6.32. The summed E-state index contributed by atoms with van der Waals surface area (Å²) in [5.41, 5.74) is 1.57. The first kappa shape index (κ1) is 21.4. The van der Waals surface area contributed by atoms with Gasteiger partial charge >= 0.3 is 0 Å². The van der Waals surface area contributed by atoms with Crippen LogP contribution < -0.4 is 10.6 Å². The highest BCUT2D eigenvalue weighted by Crippen LogP contribution is 2.50. The zero-order valence-corrected chi connectivity index (χ0v) is 19.2. The Morgan fingerprint density at radius 3 is 2.81 bits per heavy atom. The Kier molecular flexibility index (Phi) is 5.45. The van der Waals surface area contributed by atoms with Crippen LogP contribution in [-0.4, -0.2) is 43.1 Å². The smallest absolute Gasteiger partial charge is 0.227 e. The van der Waals surface area contributed by atoms with Gasteiger partial charge in [-0.05, 0) is 57.9 Å². The summed E-state index contributed by atoms with van der Waals surface area (Å²) in [5.74, 6) is 1.59. The Balaban J connectivity index is 1.54. The maximum atomic E-state index is 12.4. The maximum Gasteiger partial charge on any atom is 0.227 e. The molecule has 1 atom stereocenters. The number of ketones is 1. The van der Waals surface area contributed by atoms with Gasteiger partial charge in [-0.3, -0.25) is 4.79 Å². The standard InChI is InChI=1S/C23H29ClN6O2/c1-13(2)30-12-25-19-20(26-16-10-15(24)3-4-17(16)32)28-22(29-21(19)30)27-18-9-14-5-7-23(18,11-31)8-6-14/h3,10,12-14,18,31H,4-9,11H2,1-2H3,(H2,26,27,28,29)/t14?,18-,23?/m1/s1. The SMILES string of the molecule is CC(C)n1cnc2c(NC3=CC(Cl)=CCC3=O)nc(N[C@@H]3CC4CCC3(CO)CC4)nc21. The number of nitrogens with zero attached hydrogens (tertiary/aromatic N) is 4. The van der Waals surface area contributed by atoms with Crippen LogP contribution in [0.2, 0.25) is 0 Å². The molecule has 9 heteroatoms. The van der Waals surface area contributed by atoms with E-state index in [-0.39, 0.29) is 36.3 Å². The molecule has 2 aromatic heterocycles. The molecule has 2 heterocycles. The number of allylic oxidation sites excluding steroid dienone is 4. The maximum absolute atomic E-state index is 12.4. The first-order valence-corrected chi connectivity index (χ1v) is 11.8. The van der Waals surface area contributed by atoms with Crippen molar-refractivity contribution in [3.05, 3.63) is 29.2 Å². The van der Waals surface area contributed by atoms with Crippen LogP contribution in [-0.2, 0) is 4.79 Å². The van der Waals surface area contributed by atoms with E-state index in [0.717, 1.165) is 19.3 Å². The Bertz CT molecular complexity index is 1110. The molecule has 2 aromatic rings. The first-order valence-electron chi connectivity index (χ1n) is 11.4. The summed E-state index contributed by atoms with van der Waals surface area (Å²) >= 11 is 6.14. The van der Waals surface area contributed by atoms with Gasteiger partial charge in [-0.1, -0.05) is 17.7 Å². The molecule has 4 aliphatic carbocycles. The van der Waals surface area contributed by atoms with Gasteiger partial charge < -0.3 is 20.3 Å². The van der Waals surface area contributed by atoms with E-state index in [1.807, 2.05) is 4.57 Å². The minimum Gasteiger partial charge on any atom is -0.396 e. The predicted octanol–water partition coefficient (Wildman–Crippen LogP) is 4.15. The number of hydrogen-bond donors (Lipinski definition) is 3. The van der Waals surface area contributed by atoms with Crippen molar-refractivity contribution in [3.63, 3.8) is 0 Å². The van der Waals surface area contributed by atoms with Crippen molar-refractivity contribution >= 4 is 40.3 Å². The van der Waals surface area contributed by atoms with Crippen LogP contribution in [0.25, 0.3) is 11.2 Å². The largest absolute Gasteiger partial charge is 0.396 e. The molecule has 6 rings (SSSR count). The second-order valence-electron chi connectivity index (χ2n) is 9.61. The highest BCUT2D eigenvalue weighted by atomic mass is 35.5. The van der Waals surface area contributed by atoms with Crippen LogP contribution in [0.15, 0.2) is 29.2 Å². The summed E-state index contributed by atoms with van der Waals surface area (Å²) in [5, 5.41) is 17.5. The Morgan fingerprint density at radius 1 is 1.31 bits per heavy atom. The summed E-state index contributed by atoms with van der Waals surface area (Å²) in [6, 6.07) is 0.284. The number of carbonyl (C=O) groups is 1. The zero-order chi connectivity index (χ0) is 22.5. The van der Waals surface area contributed by atoms with Crippen molar-refractivity contribution in [1.82, 2.24) is 19.5 Å². The van der Waals surface area contributed by atoms with E-state index >= 15 is 0 Å². The lowest BCUT2D eigenvalue weighted by Crippen LogP contribution is -2.52. The lowest BCUT2D eigenvalue weighted by atomic mass is 9.58. The number of rotatable bonds is 6. The Morgan fingerprint density at radius 2 is 2.09 bits per heavy atom. The zero-order valence-electron chi connectivity index (χ0n) is 18.4. The molecule has 0 aromatic carbocycles. The summed E-state index contributed by atoms with van der Waals surface area (Å²) in [7, 11) is 0. The number of aromatic nitrogens is 4. The van der Waals surface area contributed by atoms with E-state index in [2.05, 4.69) is 29.5 Å². The molecule has 2 bridgehead atoms. The number of anilines is 2. The summed E-state index contributed by atoms with van der Waals surface area (Å²) in [6.07, 6.45) is 10.7. The van der Waals surface area contributed by atoms with E-state index in [1.165, 1.54) is 12.8 Å². The third-order valence-electron chi connectivity index (χ3n) is 7.32. The van der Waals surface area contributed by atoms with Crippen LogP contribution in [0, 0.1) is 11.3 Å². The third kappa shape index (κ3) is 3.69. The summed E-state index contributed by atoms with van der Waals surface area (Å²) in [4.78, 5) is 26.5. The number of nitrogens with one attached hydrogen (secondary N) is 2. The summed E-state index contributed by atoms with van der Waals surface area (Å²) in [6.45, 7) is 4.31. The predicted molar refractivity (Wildman–Crippen MR) is 124 cm³/mol. The molecule has 3 saturated carbocycles. The second-order valence-corrected chi connectivity index (χ2v) is 10.0. The van der Waals surface area contributed by atoms with Gasteiger partial charge in [0.15, 0.2) is 22.8 Å². The van der Waals surface area contributed by atoms with E-state index < -0.39 is 0 Å². The molecule has 0 amide bonds. The quantitative estimate of drug-likeness (QED) is 0.599. The van der Waals surface area contributed by atoms with Gasteiger partial charge in [0.05, 0.1) is 18.6 Å². The lowest BCUT2D eigenvalue weighted by molar-refractivity contribution is -0.114. The number of imidazole rings is 1. The van der Waals surface area contributed by atoms with Crippen molar-refractivity contribution in [1.29, 1.82) is 0 Å². The fraction of sp³-hybridized carbons (Fsp3) is 0.565. The van der Waals surface area contributed by atoms with Crippen molar-refractivity contribution < 1.29 is 9.90 Å². The molecule has 0 radical (unpaired) electrons. The number of carbonyl (C=O) groups excluding carboxylic acids is 1. The van der Waals surface area contributed by atoms with Crippen molar-refractivity contribution in [3.8, 4) is 0 Å². The van der Waals surface area contributed by atoms with Gasteiger partial charge in [-0.2, -0.15) is 9.97 Å². The van der Waals surface area contributed by atoms with E-state index in [4.69, 9.17) is 21.6 Å². The van der Waals surface area contributed by atoms with Gasteiger partial charge in [0.25, 0.3) is 0 Å². The van der Waals surface area contributed by atoms with E-state index in [9.17, 15) is 9.90 Å². The third-order valence-corrected chi connectivity index (χ3v) is 7.59. The molecule has 0 unspecified atom stereocenters. The Labute approximate surface area is 192 Å². The fourth-order valence-electron chi connectivity index (χ4n) is 5.31. The normalized spacial score (nSPS) is 27.6. The van der Waals surface area contributed by atoms with Crippen molar-refractivity contribution in [2.24, 2.45) is 11.3 Å². The molecular weight excluding hydrogens is 428 g/mol. The number of aliphatic hydroxyl groups is 1. The number of halogens is 1. The minimum atomic E-state index is -0.126. The van der Waals surface area contributed by atoms with Gasteiger partial charge in [0, 0.05) is 29.0 Å². The van der Waals surface area contributed by atoms with Gasteiger partial charge in [0.2, 0.25) is 5.95 Å². The molecule has 3 N–H and O–H groups in total. The molecule has 8 nitrogen and oxygen atoms in total. The monoisotopic (exact) mass is 456 g/mol. The van der Waals surface area contributed by atoms with E-state index in [1.54, 1.807) is 18.5 Å². The molecule has 0 saturated heterocycles. The molecular formula is C23H29ClN6O2.